The largest absolute Gasteiger partial charge is 0.497 e. The molecule has 1 aromatic rings. The number of likely N-dealkylation sites (tertiary alicyclic amines) is 1. The van der Waals surface area contributed by atoms with Gasteiger partial charge >= 0.3 is 0 Å². The number of nitrogens with zero attached hydrogens (tertiary/aromatic N) is 3. The first-order chi connectivity index (χ1) is 11.1. The zero-order chi connectivity index (χ0) is 16.7. The molecule has 128 valence electrons. The number of hydrogen-bond donors (Lipinski definition) is 2. The summed E-state index contributed by atoms with van der Waals surface area (Å²) in [7, 11) is 5.98. The van der Waals surface area contributed by atoms with Gasteiger partial charge in [-0.05, 0) is 64.3 Å². The van der Waals surface area contributed by atoms with Crippen LogP contribution in [0.3, 0.4) is 0 Å². The Balaban J connectivity index is 1.70. The Kier molecular flexibility index (Phi) is 6.67. The topological polar surface area (TPSA) is 66.1 Å². The molecule has 23 heavy (non-hydrogen) atoms. The highest BCUT2D eigenvalue weighted by molar-refractivity contribution is 5.92. The van der Waals surface area contributed by atoms with Crippen LogP contribution in [0.4, 0.5) is 5.69 Å². The number of piperidine rings is 1. The molecule has 6 nitrogen and oxygen atoms in total. The van der Waals surface area contributed by atoms with Gasteiger partial charge < -0.3 is 25.6 Å². The van der Waals surface area contributed by atoms with Gasteiger partial charge in [-0.15, -0.1) is 0 Å². The van der Waals surface area contributed by atoms with E-state index in [0.717, 1.165) is 43.7 Å². The number of rotatable bonds is 6. The van der Waals surface area contributed by atoms with Gasteiger partial charge in [-0.1, -0.05) is 0 Å². The Bertz CT molecular complexity index is 492. The van der Waals surface area contributed by atoms with E-state index < -0.39 is 0 Å². The van der Waals surface area contributed by atoms with Crippen molar-refractivity contribution >= 4 is 11.6 Å². The van der Waals surface area contributed by atoms with E-state index in [2.05, 4.69) is 34.2 Å². The molecule has 1 aromatic carbocycles. The van der Waals surface area contributed by atoms with Crippen molar-refractivity contribution in [3.8, 4) is 5.75 Å². The fourth-order valence-electron chi connectivity index (χ4n) is 2.83. The maximum Gasteiger partial charge on any atom is 0.193 e. The fraction of sp³-hybridized carbons (Fsp3) is 0.588. The Morgan fingerprint density at radius 1 is 1.30 bits per heavy atom. The van der Waals surface area contributed by atoms with Gasteiger partial charge in [0.05, 0.1) is 13.7 Å². The standard InChI is InChI=1S/C17H29N5O/c1-21(2)15-8-11-22(12-9-15)13-10-19-17(18)20-14-4-6-16(23-3)7-5-14/h4-7,15H,8-13H2,1-3H3,(H3,18,19,20). The van der Waals surface area contributed by atoms with Crippen molar-refractivity contribution in [1.82, 2.24) is 9.80 Å². The lowest BCUT2D eigenvalue weighted by Crippen LogP contribution is -2.42. The monoisotopic (exact) mass is 319 g/mol. The molecule has 0 radical (unpaired) electrons. The molecule has 0 spiro atoms. The molecule has 1 fully saturated rings. The Morgan fingerprint density at radius 2 is 1.96 bits per heavy atom. The van der Waals surface area contributed by atoms with Crippen LogP contribution in [-0.2, 0) is 0 Å². The number of hydrogen-bond acceptors (Lipinski definition) is 4. The van der Waals surface area contributed by atoms with Gasteiger partial charge in [-0.3, -0.25) is 4.99 Å². The summed E-state index contributed by atoms with van der Waals surface area (Å²) in [6.45, 7) is 3.97. The number of aliphatic imine (C=N–C) groups is 1. The van der Waals surface area contributed by atoms with Crippen LogP contribution in [0.25, 0.3) is 0 Å². The maximum absolute atomic E-state index is 5.94. The van der Waals surface area contributed by atoms with Crippen LogP contribution < -0.4 is 15.8 Å². The van der Waals surface area contributed by atoms with E-state index in [-0.39, 0.29) is 0 Å². The molecule has 1 aliphatic heterocycles. The molecule has 0 atom stereocenters. The number of benzene rings is 1. The summed E-state index contributed by atoms with van der Waals surface area (Å²) in [5.74, 6) is 1.28. The molecule has 1 aliphatic rings. The molecule has 6 heteroatoms. The van der Waals surface area contributed by atoms with Crippen LogP contribution >= 0.6 is 0 Å². The molecule has 1 saturated heterocycles. The van der Waals surface area contributed by atoms with Crippen LogP contribution in [0.1, 0.15) is 12.8 Å². The number of methoxy groups -OCH3 is 1. The van der Waals surface area contributed by atoms with Crippen molar-refractivity contribution in [2.75, 3.05) is 52.7 Å². The average Bonchev–Trinajstić information content (AvgIpc) is 2.56. The highest BCUT2D eigenvalue weighted by atomic mass is 16.5. The smallest absolute Gasteiger partial charge is 0.193 e. The molecular weight excluding hydrogens is 290 g/mol. The molecular formula is C17H29N5O. The molecule has 0 aliphatic carbocycles. The Hall–Kier alpha value is -1.79. The molecule has 2 rings (SSSR count). The Morgan fingerprint density at radius 3 is 2.52 bits per heavy atom. The fourth-order valence-corrected chi connectivity index (χ4v) is 2.83. The third-order valence-corrected chi connectivity index (χ3v) is 4.35. The lowest BCUT2D eigenvalue weighted by atomic mass is 10.0. The van der Waals surface area contributed by atoms with Crippen LogP contribution in [0.15, 0.2) is 29.3 Å². The second-order valence-electron chi connectivity index (χ2n) is 6.16. The first kappa shape index (κ1) is 17.6. The predicted molar refractivity (Wildman–Crippen MR) is 96.3 cm³/mol. The summed E-state index contributed by atoms with van der Waals surface area (Å²) in [6.07, 6.45) is 2.46. The van der Waals surface area contributed by atoms with Crippen molar-refractivity contribution < 1.29 is 4.74 Å². The van der Waals surface area contributed by atoms with Gasteiger partial charge in [0.25, 0.3) is 0 Å². The first-order valence-corrected chi connectivity index (χ1v) is 8.18. The van der Waals surface area contributed by atoms with Crippen LogP contribution in [0, 0.1) is 0 Å². The zero-order valence-corrected chi connectivity index (χ0v) is 14.5. The zero-order valence-electron chi connectivity index (χ0n) is 14.5. The summed E-state index contributed by atoms with van der Waals surface area (Å²) < 4.78 is 5.13. The molecule has 0 aromatic heterocycles. The average molecular weight is 319 g/mol. The summed E-state index contributed by atoms with van der Waals surface area (Å²) in [6, 6.07) is 8.35. The van der Waals surface area contributed by atoms with Gasteiger partial charge in [0, 0.05) is 18.3 Å². The van der Waals surface area contributed by atoms with Crippen LogP contribution in [0.2, 0.25) is 0 Å². The maximum atomic E-state index is 5.94. The predicted octanol–water partition coefficient (Wildman–Crippen LogP) is 1.45. The quantitative estimate of drug-likeness (QED) is 0.614. The minimum Gasteiger partial charge on any atom is -0.497 e. The van der Waals surface area contributed by atoms with Crippen molar-refractivity contribution in [1.29, 1.82) is 0 Å². The van der Waals surface area contributed by atoms with Crippen molar-refractivity contribution in [2.45, 2.75) is 18.9 Å². The summed E-state index contributed by atoms with van der Waals surface area (Å²) in [4.78, 5) is 9.20. The van der Waals surface area contributed by atoms with Crippen molar-refractivity contribution in [3.05, 3.63) is 24.3 Å². The van der Waals surface area contributed by atoms with E-state index in [1.54, 1.807) is 7.11 Å². The van der Waals surface area contributed by atoms with E-state index >= 15 is 0 Å². The lowest BCUT2D eigenvalue weighted by molar-refractivity contribution is 0.148. The van der Waals surface area contributed by atoms with E-state index in [1.165, 1.54) is 12.8 Å². The number of nitrogens with two attached hydrogens (primary N) is 1. The SMILES string of the molecule is COc1ccc(NC(N)=NCCN2CCC(N(C)C)CC2)cc1. The van der Waals surface area contributed by atoms with Gasteiger partial charge in [0.15, 0.2) is 5.96 Å². The highest BCUT2D eigenvalue weighted by Crippen LogP contribution is 2.15. The number of guanidine groups is 1. The van der Waals surface area contributed by atoms with E-state index in [4.69, 9.17) is 10.5 Å². The van der Waals surface area contributed by atoms with Gasteiger partial charge in [-0.25, -0.2) is 0 Å². The first-order valence-electron chi connectivity index (χ1n) is 8.18. The van der Waals surface area contributed by atoms with Crippen LogP contribution in [-0.4, -0.2) is 69.2 Å². The summed E-state index contributed by atoms with van der Waals surface area (Å²) >= 11 is 0. The highest BCUT2D eigenvalue weighted by Gasteiger charge is 2.19. The van der Waals surface area contributed by atoms with Crippen molar-refractivity contribution in [3.63, 3.8) is 0 Å². The van der Waals surface area contributed by atoms with E-state index in [1.807, 2.05) is 24.3 Å². The second kappa shape index (κ2) is 8.74. The molecule has 0 bridgehead atoms. The van der Waals surface area contributed by atoms with Crippen molar-refractivity contribution in [2.24, 2.45) is 10.7 Å². The van der Waals surface area contributed by atoms with Gasteiger partial charge in [-0.2, -0.15) is 0 Å². The lowest BCUT2D eigenvalue weighted by Gasteiger charge is -2.34. The Labute approximate surface area is 139 Å². The summed E-state index contributed by atoms with van der Waals surface area (Å²) in [5, 5.41) is 3.10. The van der Waals surface area contributed by atoms with Crippen LogP contribution in [0.5, 0.6) is 5.75 Å². The normalized spacial score (nSPS) is 17.5. The molecule has 0 amide bonds. The molecule has 0 unspecified atom stereocenters. The number of nitrogens with one attached hydrogen (secondary N) is 1. The second-order valence-corrected chi connectivity index (χ2v) is 6.16. The van der Waals surface area contributed by atoms with E-state index in [0.29, 0.717) is 5.96 Å². The third kappa shape index (κ3) is 5.73. The summed E-state index contributed by atoms with van der Waals surface area (Å²) in [5.41, 5.74) is 6.85. The van der Waals surface area contributed by atoms with Gasteiger partial charge in [0.1, 0.15) is 5.75 Å². The van der Waals surface area contributed by atoms with E-state index in [9.17, 15) is 0 Å². The van der Waals surface area contributed by atoms with Gasteiger partial charge in [0.2, 0.25) is 0 Å². The number of ether oxygens (including phenoxy) is 1. The minimum absolute atomic E-state index is 0.457. The molecule has 0 saturated carbocycles. The minimum atomic E-state index is 0.457. The number of anilines is 1. The third-order valence-electron chi connectivity index (χ3n) is 4.35. The molecule has 1 heterocycles. The molecule has 3 N–H and O–H groups in total.